The van der Waals surface area contributed by atoms with E-state index in [1.807, 2.05) is 12.1 Å². The third kappa shape index (κ3) is 5.77. The first kappa shape index (κ1) is 24.2. The lowest BCUT2D eigenvalue weighted by atomic mass is 9.89. The minimum Gasteiger partial charge on any atom is -0.369 e. The normalized spacial score (nSPS) is 19.9. The van der Waals surface area contributed by atoms with Crippen LogP contribution in [-0.4, -0.2) is 61.1 Å². The second kappa shape index (κ2) is 11.0. The SMILES string of the molecule is O=C1COCC(c2ccc(F)c(F)c2)N1C(=O)NCCCN1CCC(c2ccc(F)cc2)CC1. The van der Waals surface area contributed by atoms with Gasteiger partial charge in [-0.15, -0.1) is 0 Å². The van der Waals surface area contributed by atoms with Crippen LogP contribution in [0.3, 0.4) is 0 Å². The van der Waals surface area contributed by atoms with Crippen molar-refractivity contribution >= 4 is 11.9 Å². The number of urea groups is 1. The highest BCUT2D eigenvalue weighted by molar-refractivity contribution is 5.96. The number of carbonyl (C=O) groups is 2. The van der Waals surface area contributed by atoms with Crippen LogP contribution in [0.4, 0.5) is 18.0 Å². The van der Waals surface area contributed by atoms with Crippen LogP contribution < -0.4 is 5.32 Å². The van der Waals surface area contributed by atoms with Gasteiger partial charge in [0.05, 0.1) is 12.6 Å². The molecular formula is C25H28F3N3O3. The van der Waals surface area contributed by atoms with Crippen LogP contribution in [0.5, 0.6) is 0 Å². The van der Waals surface area contributed by atoms with Gasteiger partial charge in [0, 0.05) is 6.54 Å². The number of piperidine rings is 1. The Kier molecular flexibility index (Phi) is 7.84. The van der Waals surface area contributed by atoms with Gasteiger partial charge in [-0.25, -0.2) is 18.0 Å². The van der Waals surface area contributed by atoms with E-state index >= 15 is 0 Å². The van der Waals surface area contributed by atoms with Gasteiger partial charge in [-0.3, -0.25) is 9.69 Å². The van der Waals surface area contributed by atoms with Crippen molar-refractivity contribution in [1.82, 2.24) is 15.1 Å². The zero-order valence-electron chi connectivity index (χ0n) is 18.8. The van der Waals surface area contributed by atoms with Crippen molar-refractivity contribution in [2.75, 3.05) is 39.4 Å². The monoisotopic (exact) mass is 475 g/mol. The van der Waals surface area contributed by atoms with Crippen molar-refractivity contribution in [2.45, 2.75) is 31.2 Å². The Hall–Kier alpha value is -2.91. The maximum atomic E-state index is 13.7. The number of likely N-dealkylation sites (tertiary alicyclic amines) is 1. The topological polar surface area (TPSA) is 61.9 Å². The van der Waals surface area contributed by atoms with Crippen LogP contribution in [0.2, 0.25) is 0 Å². The summed E-state index contributed by atoms with van der Waals surface area (Å²) in [6, 6.07) is 8.62. The number of nitrogens with one attached hydrogen (secondary N) is 1. The fourth-order valence-electron chi connectivity index (χ4n) is 4.60. The Morgan fingerprint density at radius 2 is 1.71 bits per heavy atom. The smallest absolute Gasteiger partial charge is 0.324 e. The van der Waals surface area contributed by atoms with Crippen LogP contribution in [-0.2, 0) is 9.53 Å². The molecule has 6 nitrogen and oxygen atoms in total. The maximum absolute atomic E-state index is 13.7. The molecule has 3 amide bonds. The lowest BCUT2D eigenvalue weighted by molar-refractivity contribution is -0.143. The van der Waals surface area contributed by atoms with Crippen molar-refractivity contribution in [3.8, 4) is 0 Å². The number of morpholine rings is 1. The molecule has 2 fully saturated rings. The molecule has 182 valence electrons. The van der Waals surface area contributed by atoms with E-state index < -0.39 is 29.6 Å². The summed E-state index contributed by atoms with van der Waals surface area (Å²) in [6.45, 7) is 2.82. The van der Waals surface area contributed by atoms with Crippen LogP contribution >= 0.6 is 0 Å². The number of benzene rings is 2. The standard InChI is InChI=1S/C25H28F3N3O3/c26-20-5-2-17(3-6-20)18-8-12-30(13-9-18)11-1-10-29-25(33)31-23(15-34-16-24(31)32)19-4-7-21(27)22(28)14-19/h2-7,14,18,23H,1,8-13,15-16H2,(H,29,33). The van der Waals surface area contributed by atoms with Crippen molar-refractivity contribution in [3.63, 3.8) is 0 Å². The highest BCUT2D eigenvalue weighted by atomic mass is 19.2. The summed E-state index contributed by atoms with van der Waals surface area (Å²) in [6.07, 6.45) is 2.70. The summed E-state index contributed by atoms with van der Waals surface area (Å²) in [5.41, 5.74) is 1.46. The van der Waals surface area contributed by atoms with E-state index in [0.717, 1.165) is 49.5 Å². The van der Waals surface area contributed by atoms with Gasteiger partial charge in [0.2, 0.25) is 0 Å². The van der Waals surface area contributed by atoms with Crippen LogP contribution in [0, 0.1) is 17.5 Å². The van der Waals surface area contributed by atoms with E-state index in [1.54, 1.807) is 0 Å². The molecule has 0 spiro atoms. The summed E-state index contributed by atoms with van der Waals surface area (Å²) in [5, 5.41) is 2.77. The van der Waals surface area contributed by atoms with Gasteiger partial charge in [-0.1, -0.05) is 18.2 Å². The Morgan fingerprint density at radius 3 is 2.41 bits per heavy atom. The molecule has 0 radical (unpaired) electrons. The van der Waals surface area contributed by atoms with Gasteiger partial charge >= 0.3 is 6.03 Å². The van der Waals surface area contributed by atoms with Gasteiger partial charge < -0.3 is 15.0 Å². The zero-order valence-corrected chi connectivity index (χ0v) is 18.8. The van der Waals surface area contributed by atoms with Gasteiger partial charge in [-0.2, -0.15) is 0 Å². The highest BCUT2D eigenvalue weighted by Gasteiger charge is 2.35. The fourth-order valence-corrected chi connectivity index (χ4v) is 4.60. The second-order valence-corrected chi connectivity index (χ2v) is 8.72. The van der Waals surface area contributed by atoms with Crippen molar-refractivity contribution < 1.29 is 27.5 Å². The predicted molar refractivity (Wildman–Crippen MR) is 120 cm³/mol. The lowest BCUT2D eigenvalue weighted by Gasteiger charge is -2.34. The number of hydrogen-bond acceptors (Lipinski definition) is 4. The molecule has 2 aromatic rings. The summed E-state index contributed by atoms with van der Waals surface area (Å²) in [7, 11) is 0. The van der Waals surface area contributed by atoms with Gasteiger partial charge in [0.25, 0.3) is 5.91 Å². The van der Waals surface area contributed by atoms with E-state index in [2.05, 4.69) is 10.2 Å². The average Bonchev–Trinajstić information content (AvgIpc) is 2.84. The van der Waals surface area contributed by atoms with Crippen LogP contribution in [0.1, 0.15) is 42.3 Å². The third-order valence-corrected chi connectivity index (χ3v) is 6.49. The minimum atomic E-state index is -1.04. The zero-order chi connectivity index (χ0) is 24.1. The molecule has 0 aliphatic carbocycles. The number of ether oxygens (including phenoxy) is 1. The Bertz CT molecular complexity index is 1010. The molecule has 4 rings (SSSR count). The number of rotatable bonds is 6. The highest BCUT2D eigenvalue weighted by Crippen LogP contribution is 2.28. The summed E-state index contributed by atoms with van der Waals surface area (Å²) in [5.74, 6) is -2.36. The molecule has 2 saturated heterocycles. The molecule has 0 saturated carbocycles. The summed E-state index contributed by atoms with van der Waals surface area (Å²) in [4.78, 5) is 28.5. The molecule has 2 heterocycles. The molecule has 1 unspecified atom stereocenters. The molecule has 0 aromatic heterocycles. The fraction of sp³-hybridized carbons (Fsp3) is 0.440. The molecule has 2 aliphatic heterocycles. The molecular weight excluding hydrogens is 447 g/mol. The Labute approximate surface area is 196 Å². The second-order valence-electron chi connectivity index (χ2n) is 8.72. The molecule has 2 aromatic carbocycles. The molecule has 1 N–H and O–H groups in total. The summed E-state index contributed by atoms with van der Waals surface area (Å²) < 4.78 is 45.3. The van der Waals surface area contributed by atoms with E-state index in [1.165, 1.54) is 23.8 Å². The molecule has 1 atom stereocenters. The van der Waals surface area contributed by atoms with Crippen LogP contribution in [0.15, 0.2) is 42.5 Å². The summed E-state index contributed by atoms with van der Waals surface area (Å²) >= 11 is 0. The number of carbonyl (C=O) groups excluding carboxylic acids is 2. The lowest BCUT2D eigenvalue weighted by Crippen LogP contribution is -2.51. The average molecular weight is 476 g/mol. The van der Waals surface area contributed by atoms with Gasteiger partial charge in [-0.05, 0) is 80.2 Å². The van der Waals surface area contributed by atoms with Crippen molar-refractivity contribution in [2.24, 2.45) is 0 Å². The van der Waals surface area contributed by atoms with Gasteiger partial charge in [0.1, 0.15) is 12.4 Å². The molecule has 0 bridgehead atoms. The quantitative estimate of drug-likeness (QED) is 0.642. The molecule has 34 heavy (non-hydrogen) atoms. The van der Waals surface area contributed by atoms with E-state index in [-0.39, 0.29) is 19.0 Å². The number of imide groups is 1. The van der Waals surface area contributed by atoms with E-state index in [9.17, 15) is 22.8 Å². The number of halogens is 3. The van der Waals surface area contributed by atoms with E-state index in [0.29, 0.717) is 24.4 Å². The predicted octanol–water partition coefficient (Wildman–Crippen LogP) is 3.98. The first-order valence-corrected chi connectivity index (χ1v) is 11.5. The Balaban J connectivity index is 1.24. The van der Waals surface area contributed by atoms with E-state index in [4.69, 9.17) is 4.74 Å². The molecule has 9 heteroatoms. The number of nitrogens with zero attached hydrogens (tertiary/aromatic N) is 2. The van der Waals surface area contributed by atoms with Crippen molar-refractivity contribution in [1.29, 1.82) is 0 Å². The number of hydrogen-bond donors (Lipinski definition) is 1. The van der Waals surface area contributed by atoms with Crippen LogP contribution in [0.25, 0.3) is 0 Å². The van der Waals surface area contributed by atoms with Crippen molar-refractivity contribution in [3.05, 3.63) is 71.0 Å². The first-order valence-electron chi connectivity index (χ1n) is 11.5. The van der Waals surface area contributed by atoms with Gasteiger partial charge in [0.15, 0.2) is 11.6 Å². The third-order valence-electron chi connectivity index (χ3n) is 6.49. The molecule has 2 aliphatic rings. The Morgan fingerprint density at radius 1 is 1.00 bits per heavy atom. The first-order chi connectivity index (χ1) is 16.4. The maximum Gasteiger partial charge on any atom is 0.324 e. The number of amides is 3. The largest absolute Gasteiger partial charge is 0.369 e. The minimum absolute atomic E-state index is 0.0211.